The number of nitrogens with zero attached hydrogens (tertiary/aromatic N) is 2. The Kier molecular flexibility index (Phi) is 4.42. The van der Waals surface area contributed by atoms with E-state index in [0.717, 1.165) is 0 Å². The summed E-state index contributed by atoms with van der Waals surface area (Å²) in [6.07, 6.45) is 0.717. The first-order valence-corrected chi connectivity index (χ1v) is 5.35. The summed E-state index contributed by atoms with van der Waals surface area (Å²) in [4.78, 5) is 22.7. The van der Waals surface area contributed by atoms with Crippen molar-refractivity contribution in [1.29, 1.82) is 0 Å². The van der Waals surface area contributed by atoms with E-state index >= 15 is 0 Å². The van der Waals surface area contributed by atoms with Gasteiger partial charge in [0.05, 0.1) is 6.10 Å². The number of aliphatic hydroxyl groups is 1. The molecule has 1 heterocycles. The number of nitrogens with one attached hydrogen (secondary N) is 1. The molecule has 0 radical (unpaired) electrons. The van der Waals surface area contributed by atoms with Gasteiger partial charge in [0.25, 0.3) is 5.91 Å². The number of amides is 2. The summed E-state index contributed by atoms with van der Waals surface area (Å²) in [6, 6.07) is 0. The van der Waals surface area contributed by atoms with Gasteiger partial charge in [-0.25, -0.2) is 5.01 Å². The highest BCUT2D eigenvalue weighted by atomic mass is 16.3. The summed E-state index contributed by atoms with van der Waals surface area (Å²) < 4.78 is 0. The Bertz CT molecular complexity index is 314. The summed E-state index contributed by atoms with van der Waals surface area (Å²) >= 11 is 0. The molecule has 0 aromatic carbocycles. The highest BCUT2D eigenvalue weighted by molar-refractivity contribution is 6.39. The van der Waals surface area contributed by atoms with Crippen molar-refractivity contribution in [3.8, 4) is 0 Å². The zero-order chi connectivity index (χ0) is 12.1. The molecule has 1 rings (SSSR count). The molecule has 1 aliphatic rings. The number of carbonyl (C=O) groups is 2. The highest BCUT2D eigenvalue weighted by Gasteiger charge is 2.21. The van der Waals surface area contributed by atoms with Crippen LogP contribution < -0.4 is 5.32 Å². The molecule has 0 fully saturated rings. The zero-order valence-electron chi connectivity index (χ0n) is 9.56. The third-order valence-electron chi connectivity index (χ3n) is 2.44. The van der Waals surface area contributed by atoms with E-state index in [0.29, 0.717) is 25.0 Å². The van der Waals surface area contributed by atoms with Gasteiger partial charge in [0.1, 0.15) is 5.71 Å². The molecule has 2 N–H and O–H groups in total. The standard InChI is InChI=1S/C10H17N3O3/c1-3-7(14)6-11-10(16)8-4-5-9(15)13(2)12-8/h7,14H,3-6H2,1-2H3,(H,11,16). The Labute approximate surface area is 94.3 Å². The smallest absolute Gasteiger partial charge is 0.267 e. The van der Waals surface area contributed by atoms with Crippen LogP contribution in [-0.4, -0.2) is 47.3 Å². The van der Waals surface area contributed by atoms with Gasteiger partial charge in [-0.1, -0.05) is 6.92 Å². The maximum absolute atomic E-state index is 11.6. The summed E-state index contributed by atoms with van der Waals surface area (Å²) in [6.45, 7) is 2.05. The molecule has 1 atom stereocenters. The topological polar surface area (TPSA) is 82.0 Å². The molecule has 6 nitrogen and oxygen atoms in total. The maximum Gasteiger partial charge on any atom is 0.267 e. The van der Waals surface area contributed by atoms with Gasteiger partial charge < -0.3 is 10.4 Å². The minimum absolute atomic E-state index is 0.0925. The number of hydrogen-bond acceptors (Lipinski definition) is 4. The van der Waals surface area contributed by atoms with Crippen LogP contribution in [0, 0.1) is 0 Å². The summed E-state index contributed by atoms with van der Waals surface area (Å²) in [5.74, 6) is -0.406. The summed E-state index contributed by atoms with van der Waals surface area (Å²) in [5.41, 5.74) is 0.338. The average Bonchev–Trinajstić information content (AvgIpc) is 2.29. The first kappa shape index (κ1) is 12.6. The average molecular weight is 227 g/mol. The van der Waals surface area contributed by atoms with E-state index in [4.69, 9.17) is 0 Å². The largest absolute Gasteiger partial charge is 0.391 e. The van der Waals surface area contributed by atoms with Crippen molar-refractivity contribution in [3.63, 3.8) is 0 Å². The van der Waals surface area contributed by atoms with E-state index in [1.54, 1.807) is 0 Å². The van der Waals surface area contributed by atoms with Crippen LogP contribution in [0.4, 0.5) is 0 Å². The SMILES string of the molecule is CCC(O)CNC(=O)C1=NN(C)C(=O)CC1. The normalized spacial score (nSPS) is 18.1. The van der Waals surface area contributed by atoms with Crippen LogP contribution in [0.3, 0.4) is 0 Å². The molecule has 1 unspecified atom stereocenters. The minimum atomic E-state index is -0.535. The molecule has 0 spiro atoms. The molecular weight excluding hydrogens is 210 g/mol. The first-order valence-electron chi connectivity index (χ1n) is 5.35. The molecule has 0 aliphatic carbocycles. The van der Waals surface area contributed by atoms with Crippen molar-refractivity contribution in [2.75, 3.05) is 13.6 Å². The van der Waals surface area contributed by atoms with Gasteiger partial charge in [0.2, 0.25) is 5.91 Å². The third kappa shape index (κ3) is 3.30. The number of hydrazone groups is 1. The summed E-state index contributed by atoms with van der Waals surface area (Å²) in [5, 5.41) is 16.9. The van der Waals surface area contributed by atoms with Gasteiger partial charge in [-0.2, -0.15) is 5.10 Å². The number of carbonyl (C=O) groups excluding carboxylic acids is 2. The highest BCUT2D eigenvalue weighted by Crippen LogP contribution is 2.06. The van der Waals surface area contributed by atoms with Crippen LogP contribution in [-0.2, 0) is 9.59 Å². The predicted octanol–water partition coefficient (Wildman–Crippen LogP) is -0.518. The van der Waals surface area contributed by atoms with Gasteiger partial charge in [0, 0.05) is 26.4 Å². The Morgan fingerprint density at radius 2 is 2.31 bits per heavy atom. The van der Waals surface area contributed by atoms with Crippen LogP contribution >= 0.6 is 0 Å². The molecule has 16 heavy (non-hydrogen) atoms. The Morgan fingerprint density at radius 3 is 2.88 bits per heavy atom. The van der Waals surface area contributed by atoms with Crippen LogP contribution in [0.5, 0.6) is 0 Å². The zero-order valence-corrected chi connectivity index (χ0v) is 9.56. The number of aliphatic hydroxyl groups excluding tert-OH is 1. The minimum Gasteiger partial charge on any atom is -0.391 e. The van der Waals surface area contributed by atoms with E-state index < -0.39 is 6.10 Å². The molecule has 2 amide bonds. The van der Waals surface area contributed by atoms with Crippen molar-refractivity contribution in [3.05, 3.63) is 0 Å². The number of rotatable bonds is 4. The van der Waals surface area contributed by atoms with Crippen LogP contribution in [0.15, 0.2) is 5.10 Å². The molecule has 0 aromatic rings. The van der Waals surface area contributed by atoms with Crippen molar-refractivity contribution in [1.82, 2.24) is 10.3 Å². The van der Waals surface area contributed by atoms with Crippen molar-refractivity contribution < 1.29 is 14.7 Å². The second-order valence-corrected chi connectivity index (χ2v) is 3.74. The van der Waals surface area contributed by atoms with Crippen molar-refractivity contribution in [2.24, 2.45) is 5.10 Å². The molecule has 0 aromatic heterocycles. The van der Waals surface area contributed by atoms with Gasteiger partial charge in [-0.3, -0.25) is 9.59 Å². The van der Waals surface area contributed by atoms with Crippen molar-refractivity contribution in [2.45, 2.75) is 32.3 Å². The van der Waals surface area contributed by atoms with Gasteiger partial charge in [0.15, 0.2) is 0 Å². The molecule has 0 saturated heterocycles. The summed E-state index contributed by atoms with van der Waals surface area (Å²) in [7, 11) is 1.52. The molecule has 90 valence electrons. The lowest BCUT2D eigenvalue weighted by Crippen LogP contribution is -2.40. The van der Waals surface area contributed by atoms with Crippen molar-refractivity contribution >= 4 is 17.5 Å². The lowest BCUT2D eigenvalue weighted by molar-refractivity contribution is -0.130. The molecule has 6 heteroatoms. The Balaban J connectivity index is 2.49. The van der Waals surface area contributed by atoms with E-state index in [-0.39, 0.29) is 18.4 Å². The van der Waals surface area contributed by atoms with E-state index in [2.05, 4.69) is 10.4 Å². The van der Waals surface area contributed by atoms with Gasteiger partial charge >= 0.3 is 0 Å². The second-order valence-electron chi connectivity index (χ2n) is 3.74. The molecule has 0 bridgehead atoms. The molecular formula is C10H17N3O3. The Morgan fingerprint density at radius 1 is 1.62 bits per heavy atom. The van der Waals surface area contributed by atoms with Gasteiger partial charge in [-0.05, 0) is 6.42 Å². The van der Waals surface area contributed by atoms with E-state index in [1.807, 2.05) is 6.92 Å². The monoisotopic (exact) mass is 227 g/mol. The second kappa shape index (κ2) is 5.60. The van der Waals surface area contributed by atoms with Crippen LogP contribution in [0.25, 0.3) is 0 Å². The van der Waals surface area contributed by atoms with Crippen LogP contribution in [0.2, 0.25) is 0 Å². The fraction of sp³-hybridized carbons (Fsp3) is 0.700. The fourth-order valence-electron chi connectivity index (χ4n) is 1.29. The number of hydrogen-bond donors (Lipinski definition) is 2. The predicted molar refractivity (Wildman–Crippen MR) is 58.7 cm³/mol. The first-order chi connectivity index (χ1) is 7.54. The molecule has 0 saturated carbocycles. The lowest BCUT2D eigenvalue weighted by atomic mass is 10.1. The van der Waals surface area contributed by atoms with Crippen LogP contribution in [0.1, 0.15) is 26.2 Å². The quantitative estimate of drug-likeness (QED) is 0.678. The third-order valence-corrected chi connectivity index (χ3v) is 2.44. The van der Waals surface area contributed by atoms with Gasteiger partial charge in [-0.15, -0.1) is 0 Å². The van der Waals surface area contributed by atoms with E-state index in [9.17, 15) is 14.7 Å². The Hall–Kier alpha value is -1.43. The fourth-order valence-corrected chi connectivity index (χ4v) is 1.29. The lowest BCUT2D eigenvalue weighted by Gasteiger charge is -2.19. The maximum atomic E-state index is 11.6. The molecule has 1 aliphatic heterocycles. The van der Waals surface area contributed by atoms with E-state index in [1.165, 1.54) is 12.1 Å².